The van der Waals surface area contributed by atoms with E-state index in [-0.39, 0.29) is 5.60 Å². The summed E-state index contributed by atoms with van der Waals surface area (Å²) >= 11 is 0. The Bertz CT molecular complexity index is 194. The Morgan fingerprint density at radius 3 is 2.33 bits per heavy atom. The second kappa shape index (κ2) is 8.92. The highest BCUT2D eigenvalue weighted by Crippen LogP contribution is 2.36. The minimum Gasteiger partial charge on any atom is -0.374 e. The van der Waals surface area contributed by atoms with Crippen molar-refractivity contribution in [1.29, 1.82) is 0 Å². The van der Waals surface area contributed by atoms with Gasteiger partial charge >= 0.3 is 0 Å². The van der Waals surface area contributed by atoms with Gasteiger partial charge in [0.2, 0.25) is 0 Å². The maximum absolute atomic E-state index is 6.25. The van der Waals surface area contributed by atoms with E-state index in [1.165, 1.54) is 57.8 Å². The van der Waals surface area contributed by atoms with Crippen LogP contribution in [0.15, 0.2) is 0 Å². The number of unbranched alkanes of at least 4 members (excludes halogenated alkanes) is 2. The van der Waals surface area contributed by atoms with Crippen molar-refractivity contribution in [1.82, 2.24) is 5.32 Å². The molecule has 108 valence electrons. The first-order valence-electron chi connectivity index (χ1n) is 8.16. The van der Waals surface area contributed by atoms with Gasteiger partial charge in [-0.15, -0.1) is 0 Å². The summed E-state index contributed by atoms with van der Waals surface area (Å²) in [5, 5.41) is 3.71. The van der Waals surface area contributed by atoms with Crippen LogP contribution in [0.5, 0.6) is 0 Å². The summed E-state index contributed by atoms with van der Waals surface area (Å²) < 4.78 is 6.25. The maximum atomic E-state index is 6.25. The quantitative estimate of drug-likeness (QED) is 0.621. The molecule has 0 spiro atoms. The van der Waals surface area contributed by atoms with Crippen LogP contribution in [-0.2, 0) is 4.74 Å². The molecule has 0 heterocycles. The molecule has 0 aliphatic heterocycles. The number of hydrogen-bond acceptors (Lipinski definition) is 2. The lowest BCUT2D eigenvalue weighted by molar-refractivity contribution is -0.0915. The molecule has 1 atom stereocenters. The minimum atomic E-state index is 0.136. The number of likely N-dealkylation sites (N-methyl/N-ethyl adjacent to an activating group) is 1. The second-order valence-electron chi connectivity index (χ2n) is 5.66. The summed E-state index contributed by atoms with van der Waals surface area (Å²) in [7, 11) is 0. The average molecular weight is 255 g/mol. The molecule has 1 N–H and O–H groups in total. The highest BCUT2D eigenvalue weighted by Gasteiger charge is 2.39. The Balaban J connectivity index is 2.62. The summed E-state index contributed by atoms with van der Waals surface area (Å²) in [6.07, 6.45) is 11.9. The predicted octanol–water partition coefficient (Wildman–Crippen LogP) is 4.28. The zero-order valence-corrected chi connectivity index (χ0v) is 12.8. The van der Waals surface area contributed by atoms with Gasteiger partial charge in [0.1, 0.15) is 0 Å². The van der Waals surface area contributed by atoms with E-state index in [9.17, 15) is 0 Å². The predicted molar refractivity (Wildman–Crippen MR) is 79.0 cm³/mol. The van der Waals surface area contributed by atoms with Crippen molar-refractivity contribution in [2.45, 2.75) is 90.2 Å². The van der Waals surface area contributed by atoms with E-state index in [0.717, 1.165) is 13.2 Å². The first-order valence-corrected chi connectivity index (χ1v) is 8.16. The third kappa shape index (κ3) is 4.55. The Hall–Kier alpha value is -0.0800. The van der Waals surface area contributed by atoms with E-state index in [2.05, 4.69) is 26.1 Å². The zero-order valence-electron chi connectivity index (χ0n) is 12.8. The minimum absolute atomic E-state index is 0.136. The molecule has 1 saturated carbocycles. The molecule has 1 rings (SSSR count). The van der Waals surface area contributed by atoms with Crippen molar-refractivity contribution in [3.8, 4) is 0 Å². The van der Waals surface area contributed by atoms with Gasteiger partial charge in [-0.1, -0.05) is 52.4 Å². The van der Waals surface area contributed by atoms with Crippen molar-refractivity contribution in [3.63, 3.8) is 0 Å². The molecule has 0 radical (unpaired) electrons. The Morgan fingerprint density at radius 2 is 1.78 bits per heavy atom. The van der Waals surface area contributed by atoms with Crippen LogP contribution in [0.4, 0.5) is 0 Å². The van der Waals surface area contributed by atoms with Crippen LogP contribution in [0.25, 0.3) is 0 Å². The smallest absolute Gasteiger partial charge is 0.0834 e. The van der Waals surface area contributed by atoms with Gasteiger partial charge in [0.25, 0.3) is 0 Å². The van der Waals surface area contributed by atoms with Gasteiger partial charge < -0.3 is 10.1 Å². The Morgan fingerprint density at radius 1 is 1.06 bits per heavy atom. The lowest BCUT2D eigenvalue weighted by Gasteiger charge is -2.44. The summed E-state index contributed by atoms with van der Waals surface area (Å²) in [5.41, 5.74) is 0.136. The maximum Gasteiger partial charge on any atom is 0.0834 e. The van der Waals surface area contributed by atoms with Crippen LogP contribution >= 0.6 is 0 Å². The van der Waals surface area contributed by atoms with E-state index in [4.69, 9.17) is 4.74 Å². The summed E-state index contributed by atoms with van der Waals surface area (Å²) in [4.78, 5) is 0. The lowest BCUT2D eigenvalue weighted by atomic mass is 9.77. The third-order valence-electron chi connectivity index (χ3n) is 4.31. The van der Waals surface area contributed by atoms with Crippen LogP contribution in [0.3, 0.4) is 0 Å². The molecule has 1 aliphatic rings. The second-order valence-corrected chi connectivity index (χ2v) is 5.66. The van der Waals surface area contributed by atoms with Gasteiger partial charge in [0.05, 0.1) is 5.60 Å². The monoisotopic (exact) mass is 255 g/mol. The molecule has 1 fully saturated rings. The van der Waals surface area contributed by atoms with E-state index in [0.29, 0.717) is 6.04 Å². The fraction of sp³-hybridized carbons (Fsp3) is 1.00. The topological polar surface area (TPSA) is 21.3 Å². The molecule has 0 amide bonds. The molecular weight excluding hydrogens is 222 g/mol. The molecule has 18 heavy (non-hydrogen) atoms. The largest absolute Gasteiger partial charge is 0.374 e. The third-order valence-corrected chi connectivity index (χ3v) is 4.31. The summed E-state index contributed by atoms with van der Waals surface area (Å²) in [5.74, 6) is 0. The molecule has 2 nitrogen and oxygen atoms in total. The van der Waals surface area contributed by atoms with Gasteiger partial charge in [0, 0.05) is 12.6 Å². The van der Waals surface area contributed by atoms with Gasteiger partial charge in [-0.25, -0.2) is 0 Å². The highest BCUT2D eigenvalue weighted by atomic mass is 16.5. The molecule has 0 aromatic rings. The van der Waals surface area contributed by atoms with Gasteiger partial charge in [-0.3, -0.25) is 0 Å². The van der Waals surface area contributed by atoms with Crippen molar-refractivity contribution < 1.29 is 4.74 Å². The first kappa shape index (κ1) is 16.0. The molecule has 0 aromatic carbocycles. The van der Waals surface area contributed by atoms with E-state index in [1.54, 1.807) is 0 Å². The van der Waals surface area contributed by atoms with E-state index < -0.39 is 0 Å². The fourth-order valence-corrected chi connectivity index (χ4v) is 3.43. The van der Waals surface area contributed by atoms with Crippen LogP contribution in [-0.4, -0.2) is 24.8 Å². The van der Waals surface area contributed by atoms with Crippen molar-refractivity contribution in [3.05, 3.63) is 0 Å². The summed E-state index contributed by atoms with van der Waals surface area (Å²) in [6, 6.07) is 0.564. The highest BCUT2D eigenvalue weighted by molar-refractivity contribution is 4.95. The molecule has 0 saturated heterocycles. The van der Waals surface area contributed by atoms with Gasteiger partial charge in [0.15, 0.2) is 0 Å². The number of nitrogens with one attached hydrogen (secondary N) is 1. The Labute approximate surface area is 114 Å². The molecular formula is C16H33NO. The first-order chi connectivity index (χ1) is 8.79. The van der Waals surface area contributed by atoms with Crippen molar-refractivity contribution in [2.75, 3.05) is 13.2 Å². The normalized spacial score (nSPS) is 20.8. The number of rotatable bonds is 9. The SMILES string of the molecule is CCCCCC(NCC)C1(OCC)CCCCC1. The van der Waals surface area contributed by atoms with Gasteiger partial charge in [-0.05, 0) is 32.7 Å². The molecule has 1 unspecified atom stereocenters. The van der Waals surface area contributed by atoms with E-state index >= 15 is 0 Å². The molecule has 2 heteroatoms. The van der Waals surface area contributed by atoms with Crippen molar-refractivity contribution >= 4 is 0 Å². The Kier molecular flexibility index (Phi) is 7.92. The molecule has 0 bridgehead atoms. The average Bonchev–Trinajstić information content (AvgIpc) is 2.39. The number of ether oxygens (including phenoxy) is 1. The van der Waals surface area contributed by atoms with Crippen LogP contribution in [0.2, 0.25) is 0 Å². The van der Waals surface area contributed by atoms with Crippen LogP contribution in [0, 0.1) is 0 Å². The van der Waals surface area contributed by atoms with E-state index in [1.807, 2.05) is 0 Å². The standard InChI is InChI=1S/C16H33NO/c1-4-7-9-12-15(17-5-2)16(18-6-3)13-10-8-11-14-16/h15,17H,4-14H2,1-3H3. The fourth-order valence-electron chi connectivity index (χ4n) is 3.43. The zero-order chi connectivity index (χ0) is 13.3. The number of hydrogen-bond donors (Lipinski definition) is 1. The van der Waals surface area contributed by atoms with Gasteiger partial charge in [-0.2, -0.15) is 0 Å². The van der Waals surface area contributed by atoms with Crippen LogP contribution < -0.4 is 5.32 Å². The summed E-state index contributed by atoms with van der Waals surface area (Å²) in [6.45, 7) is 8.56. The van der Waals surface area contributed by atoms with Crippen LogP contribution in [0.1, 0.15) is 78.6 Å². The van der Waals surface area contributed by atoms with Crippen molar-refractivity contribution in [2.24, 2.45) is 0 Å². The lowest BCUT2D eigenvalue weighted by Crippen LogP contribution is -2.53. The molecule has 0 aromatic heterocycles. The molecule has 1 aliphatic carbocycles.